The van der Waals surface area contributed by atoms with Crippen molar-refractivity contribution in [3.8, 4) is 11.8 Å². The van der Waals surface area contributed by atoms with Gasteiger partial charge in [0, 0.05) is 18.3 Å². The number of rotatable bonds is 3. The summed E-state index contributed by atoms with van der Waals surface area (Å²) in [6, 6.07) is 5.31. The number of alkyl halides is 2. The van der Waals surface area contributed by atoms with Crippen molar-refractivity contribution < 1.29 is 13.7 Å². The van der Waals surface area contributed by atoms with E-state index in [2.05, 4.69) is 5.10 Å². The maximum Gasteiger partial charge on any atom is 0.270 e. The molecule has 2 aromatic rings. The molecule has 0 spiro atoms. The normalized spacial score (nSPS) is 10.4. The van der Waals surface area contributed by atoms with E-state index in [-0.39, 0.29) is 22.5 Å². The van der Waals surface area contributed by atoms with Gasteiger partial charge in [-0.15, -0.1) is 0 Å². The van der Waals surface area contributed by atoms with Crippen molar-refractivity contribution in [1.29, 1.82) is 5.26 Å². The molecule has 0 amide bonds. The molecule has 0 saturated heterocycles. The minimum absolute atomic E-state index is 0.0156. The lowest BCUT2D eigenvalue weighted by Crippen LogP contribution is -1.99. The van der Waals surface area contributed by atoms with Gasteiger partial charge in [-0.25, -0.2) is 13.5 Å². The van der Waals surface area contributed by atoms with Gasteiger partial charge in [-0.05, 0) is 6.07 Å². The van der Waals surface area contributed by atoms with Gasteiger partial charge in [0.15, 0.2) is 0 Å². The second-order valence-corrected chi connectivity index (χ2v) is 3.59. The monoisotopic (exact) mass is 264 g/mol. The molecule has 8 heteroatoms. The Hall–Kier alpha value is -2.82. The zero-order chi connectivity index (χ0) is 14.0. The maximum atomic E-state index is 12.4. The molecule has 0 unspecified atom stereocenters. The highest BCUT2D eigenvalue weighted by molar-refractivity contribution is 5.54. The second kappa shape index (κ2) is 4.81. The van der Waals surface area contributed by atoms with Crippen LogP contribution in [-0.4, -0.2) is 14.7 Å². The summed E-state index contributed by atoms with van der Waals surface area (Å²) < 4.78 is 26.0. The number of nitriles is 1. The van der Waals surface area contributed by atoms with Crippen LogP contribution in [0.1, 0.15) is 17.6 Å². The van der Waals surface area contributed by atoms with E-state index in [1.54, 1.807) is 6.07 Å². The molecule has 1 aromatic heterocycles. The molecule has 0 bridgehead atoms. The molecule has 0 aliphatic rings. The summed E-state index contributed by atoms with van der Waals surface area (Å²) in [7, 11) is 0. The molecule has 0 radical (unpaired) electrons. The topological polar surface area (TPSA) is 84.7 Å². The molecule has 0 aliphatic carbocycles. The molecular formula is C11H6F2N4O2. The molecule has 0 atom stereocenters. The van der Waals surface area contributed by atoms with Gasteiger partial charge >= 0.3 is 0 Å². The Balaban J connectivity index is 2.50. The summed E-state index contributed by atoms with van der Waals surface area (Å²) in [4.78, 5) is 9.94. The third-order valence-electron chi connectivity index (χ3n) is 2.41. The highest BCUT2D eigenvalue weighted by Crippen LogP contribution is 2.23. The van der Waals surface area contributed by atoms with Crippen molar-refractivity contribution >= 4 is 5.69 Å². The van der Waals surface area contributed by atoms with Gasteiger partial charge in [0.1, 0.15) is 6.07 Å². The Labute approximate surface area is 105 Å². The number of aromatic nitrogens is 2. The molecular weight excluding hydrogens is 258 g/mol. The fourth-order valence-electron chi connectivity index (χ4n) is 1.51. The van der Waals surface area contributed by atoms with E-state index in [9.17, 15) is 18.9 Å². The fourth-order valence-corrected chi connectivity index (χ4v) is 1.51. The number of nitrogens with zero attached hydrogens (tertiary/aromatic N) is 4. The van der Waals surface area contributed by atoms with Gasteiger partial charge in [-0.1, -0.05) is 0 Å². The van der Waals surface area contributed by atoms with Gasteiger partial charge in [-0.3, -0.25) is 10.1 Å². The van der Waals surface area contributed by atoms with Gasteiger partial charge < -0.3 is 0 Å². The van der Waals surface area contributed by atoms with Crippen LogP contribution in [0.15, 0.2) is 30.6 Å². The third kappa shape index (κ3) is 2.40. The molecule has 19 heavy (non-hydrogen) atoms. The minimum atomic E-state index is -2.67. The first-order valence-corrected chi connectivity index (χ1v) is 5.04. The number of halogens is 2. The van der Waals surface area contributed by atoms with Crippen molar-refractivity contribution in [3.63, 3.8) is 0 Å². The molecule has 6 nitrogen and oxygen atoms in total. The average Bonchev–Trinajstić information content (AvgIpc) is 2.87. The van der Waals surface area contributed by atoms with Crippen LogP contribution >= 0.6 is 0 Å². The van der Waals surface area contributed by atoms with Crippen LogP contribution < -0.4 is 0 Å². The maximum absolute atomic E-state index is 12.4. The first-order chi connectivity index (χ1) is 9.02. The van der Waals surface area contributed by atoms with Crippen LogP contribution in [0.3, 0.4) is 0 Å². The van der Waals surface area contributed by atoms with Crippen molar-refractivity contribution in [2.75, 3.05) is 0 Å². The Morgan fingerprint density at radius 1 is 1.47 bits per heavy atom. The van der Waals surface area contributed by atoms with Crippen molar-refractivity contribution in [2.45, 2.75) is 6.43 Å². The van der Waals surface area contributed by atoms with E-state index in [0.29, 0.717) is 0 Å². The van der Waals surface area contributed by atoms with Crippen LogP contribution in [0.25, 0.3) is 5.69 Å². The summed E-state index contributed by atoms with van der Waals surface area (Å²) in [6.07, 6.45) is -0.614. The van der Waals surface area contributed by atoms with Crippen LogP contribution in [0.2, 0.25) is 0 Å². The molecule has 1 aromatic carbocycles. The summed E-state index contributed by atoms with van der Waals surface area (Å²) >= 11 is 0. The number of hydrogen-bond acceptors (Lipinski definition) is 4. The molecule has 1 heterocycles. The standard InChI is InChI=1S/C11H6F2N4O2/c12-11(13)8-5-15-16(6-8)10-2-1-9(17(18)19)3-7(10)4-14/h1-3,5-6,11H. The van der Waals surface area contributed by atoms with E-state index in [1.807, 2.05) is 0 Å². The number of benzene rings is 1. The van der Waals surface area contributed by atoms with Crippen LogP contribution in [0, 0.1) is 21.4 Å². The summed E-state index contributed by atoms with van der Waals surface area (Å²) in [5.41, 5.74) is -0.345. The number of non-ortho nitro benzene ring substituents is 1. The SMILES string of the molecule is N#Cc1cc([N+](=O)[O-])ccc1-n1cc(C(F)F)cn1. The quantitative estimate of drug-likeness (QED) is 0.629. The number of hydrogen-bond donors (Lipinski definition) is 0. The van der Waals surface area contributed by atoms with Gasteiger partial charge in [-0.2, -0.15) is 10.4 Å². The summed E-state index contributed by atoms with van der Waals surface area (Å²) in [5, 5.41) is 23.2. The molecule has 0 saturated carbocycles. The first kappa shape index (κ1) is 12.6. The Bertz CT molecular complexity index is 676. The van der Waals surface area contributed by atoms with Gasteiger partial charge in [0.2, 0.25) is 0 Å². The summed E-state index contributed by atoms with van der Waals surface area (Å²) in [5.74, 6) is 0. The Kier molecular flexibility index (Phi) is 3.20. The van der Waals surface area contributed by atoms with Gasteiger partial charge in [0.25, 0.3) is 12.1 Å². The third-order valence-corrected chi connectivity index (χ3v) is 2.41. The molecule has 2 rings (SSSR count). The van der Waals surface area contributed by atoms with Crippen molar-refractivity contribution in [3.05, 3.63) is 51.8 Å². The predicted octanol–water partition coefficient (Wildman–Crippen LogP) is 2.59. The molecule has 0 fully saturated rings. The smallest absolute Gasteiger partial charge is 0.258 e. The minimum Gasteiger partial charge on any atom is -0.258 e. The number of nitro groups is 1. The van der Waals surface area contributed by atoms with Gasteiger partial charge in [0.05, 0.1) is 27.9 Å². The van der Waals surface area contributed by atoms with E-state index >= 15 is 0 Å². The second-order valence-electron chi connectivity index (χ2n) is 3.59. The Morgan fingerprint density at radius 3 is 2.74 bits per heavy atom. The van der Waals surface area contributed by atoms with Crippen molar-refractivity contribution in [1.82, 2.24) is 9.78 Å². The highest BCUT2D eigenvalue weighted by Gasteiger charge is 2.15. The van der Waals surface area contributed by atoms with E-state index in [1.165, 1.54) is 12.1 Å². The fraction of sp³-hybridized carbons (Fsp3) is 0.0909. The largest absolute Gasteiger partial charge is 0.270 e. The number of nitro benzene ring substituents is 1. The highest BCUT2D eigenvalue weighted by atomic mass is 19.3. The summed E-state index contributed by atoms with van der Waals surface area (Å²) in [6.45, 7) is 0. The van der Waals surface area contributed by atoms with Crippen LogP contribution in [-0.2, 0) is 0 Å². The molecule has 0 aliphatic heterocycles. The van der Waals surface area contributed by atoms with E-state index in [4.69, 9.17) is 5.26 Å². The first-order valence-electron chi connectivity index (χ1n) is 5.04. The van der Waals surface area contributed by atoms with E-state index < -0.39 is 11.3 Å². The van der Waals surface area contributed by atoms with E-state index in [0.717, 1.165) is 23.1 Å². The predicted molar refractivity (Wildman–Crippen MR) is 59.9 cm³/mol. The van der Waals surface area contributed by atoms with Crippen LogP contribution in [0.5, 0.6) is 0 Å². The lowest BCUT2D eigenvalue weighted by molar-refractivity contribution is -0.384. The zero-order valence-corrected chi connectivity index (χ0v) is 9.33. The average molecular weight is 264 g/mol. The van der Waals surface area contributed by atoms with Crippen LogP contribution in [0.4, 0.5) is 14.5 Å². The lowest BCUT2D eigenvalue weighted by Gasteiger charge is -2.03. The lowest BCUT2D eigenvalue weighted by atomic mass is 10.2. The Morgan fingerprint density at radius 2 is 2.21 bits per heavy atom. The van der Waals surface area contributed by atoms with Crippen molar-refractivity contribution in [2.24, 2.45) is 0 Å². The zero-order valence-electron chi connectivity index (χ0n) is 9.33. The molecule has 96 valence electrons. The molecule has 0 N–H and O–H groups in total.